The van der Waals surface area contributed by atoms with Crippen molar-refractivity contribution in [2.75, 3.05) is 0 Å². The number of aryl methyl sites for hydroxylation is 1. The van der Waals surface area contributed by atoms with Crippen molar-refractivity contribution in [1.29, 1.82) is 0 Å². The first-order chi connectivity index (χ1) is 7.61. The minimum Gasteiger partial charge on any atom is -0.279 e. The van der Waals surface area contributed by atoms with Crippen LogP contribution in [0.1, 0.15) is 6.92 Å². The van der Waals surface area contributed by atoms with E-state index in [4.69, 9.17) is 35.4 Å². The highest BCUT2D eigenvalue weighted by Crippen LogP contribution is 2.26. The molecule has 0 bridgehead atoms. The summed E-state index contributed by atoms with van der Waals surface area (Å²) < 4.78 is 2.32. The summed E-state index contributed by atoms with van der Waals surface area (Å²) in [4.78, 5) is 4.24. The molecule has 0 aliphatic rings. The maximum atomic E-state index is 5.94. The Balaban J connectivity index is 2.50. The van der Waals surface area contributed by atoms with Crippen molar-refractivity contribution >= 4 is 35.4 Å². The largest absolute Gasteiger partial charge is 0.279 e. The van der Waals surface area contributed by atoms with E-state index in [0.717, 1.165) is 12.1 Å². The molecule has 0 aliphatic carbocycles. The van der Waals surface area contributed by atoms with Crippen LogP contribution in [0.4, 0.5) is 0 Å². The van der Waals surface area contributed by atoms with Crippen molar-refractivity contribution in [2.24, 2.45) is 0 Å². The molecule has 0 fully saturated rings. The van der Waals surface area contributed by atoms with E-state index in [0.29, 0.717) is 20.6 Å². The van der Waals surface area contributed by atoms with E-state index in [1.807, 2.05) is 13.0 Å². The third-order valence-electron chi connectivity index (χ3n) is 2.19. The van der Waals surface area contributed by atoms with Gasteiger partial charge in [0.05, 0.1) is 10.0 Å². The van der Waals surface area contributed by atoms with Crippen molar-refractivity contribution in [3.05, 3.63) is 33.0 Å². The summed E-state index contributed by atoms with van der Waals surface area (Å²) in [5.41, 5.74) is 0.868. The van der Waals surface area contributed by atoms with Gasteiger partial charge in [0.2, 0.25) is 4.77 Å². The topological polar surface area (TPSA) is 33.6 Å². The van der Waals surface area contributed by atoms with Gasteiger partial charge in [-0.3, -0.25) is 9.78 Å². The molecule has 0 spiro atoms. The van der Waals surface area contributed by atoms with Crippen LogP contribution in [0, 0.1) is 4.77 Å². The average molecular weight is 274 g/mol. The normalized spacial score (nSPS) is 10.7. The van der Waals surface area contributed by atoms with Gasteiger partial charge in [0.15, 0.2) is 5.82 Å². The van der Waals surface area contributed by atoms with E-state index < -0.39 is 0 Å². The van der Waals surface area contributed by atoms with E-state index in [9.17, 15) is 0 Å². The van der Waals surface area contributed by atoms with Gasteiger partial charge in [0.25, 0.3) is 0 Å². The molecule has 84 valence electrons. The molecule has 2 aromatic rings. The summed E-state index contributed by atoms with van der Waals surface area (Å²) >= 11 is 16.9. The number of rotatable bonds is 2. The van der Waals surface area contributed by atoms with Crippen LogP contribution in [0.5, 0.6) is 0 Å². The number of halogens is 2. The second-order valence-corrected chi connectivity index (χ2v) is 4.41. The van der Waals surface area contributed by atoms with Gasteiger partial charge >= 0.3 is 0 Å². The monoisotopic (exact) mass is 273 g/mol. The Kier molecular flexibility index (Phi) is 3.33. The maximum Gasteiger partial charge on any atom is 0.216 e. The van der Waals surface area contributed by atoms with E-state index in [-0.39, 0.29) is 0 Å². The van der Waals surface area contributed by atoms with Gasteiger partial charge in [0.1, 0.15) is 0 Å². The van der Waals surface area contributed by atoms with Gasteiger partial charge in [-0.2, -0.15) is 4.98 Å². The summed E-state index contributed by atoms with van der Waals surface area (Å²) in [5.74, 6) is 0.699. The number of H-pyrrole nitrogens is 1. The lowest BCUT2D eigenvalue weighted by Gasteiger charge is -1.99. The van der Waals surface area contributed by atoms with Gasteiger partial charge in [-0.05, 0) is 37.3 Å². The average Bonchev–Trinajstić information content (AvgIpc) is 2.64. The Hall–Kier alpha value is -0.840. The van der Waals surface area contributed by atoms with E-state index >= 15 is 0 Å². The first-order valence-electron chi connectivity index (χ1n) is 4.74. The fraction of sp³-hybridized carbons (Fsp3) is 0.200. The van der Waals surface area contributed by atoms with Gasteiger partial charge in [-0.15, -0.1) is 0 Å². The van der Waals surface area contributed by atoms with Crippen molar-refractivity contribution in [3.8, 4) is 11.4 Å². The molecule has 0 aliphatic heterocycles. The molecule has 1 N–H and O–H groups in total. The molecule has 16 heavy (non-hydrogen) atoms. The second kappa shape index (κ2) is 4.57. The lowest BCUT2D eigenvalue weighted by Crippen LogP contribution is -1.95. The Morgan fingerprint density at radius 3 is 2.69 bits per heavy atom. The summed E-state index contributed by atoms with van der Waals surface area (Å²) in [6.45, 7) is 2.75. The molecular weight excluding hydrogens is 265 g/mol. The third kappa shape index (κ3) is 2.14. The number of benzene rings is 1. The first-order valence-corrected chi connectivity index (χ1v) is 5.90. The molecule has 0 radical (unpaired) electrons. The predicted molar refractivity (Wildman–Crippen MR) is 68.5 cm³/mol. The molecule has 2 rings (SSSR count). The molecular formula is C10H9Cl2N3S. The van der Waals surface area contributed by atoms with Crippen molar-refractivity contribution in [1.82, 2.24) is 14.8 Å². The van der Waals surface area contributed by atoms with Crippen LogP contribution in [0.3, 0.4) is 0 Å². The molecule has 6 heteroatoms. The standard InChI is InChI=1S/C10H9Cl2N3S/c1-2-15-10(16)13-9(14-15)6-3-4-7(11)8(12)5-6/h3-5H,2H2,1H3,(H,13,14,16). The number of aromatic amines is 1. The lowest BCUT2D eigenvalue weighted by molar-refractivity contribution is 0.650. The summed E-state index contributed by atoms with van der Waals surface area (Å²) in [7, 11) is 0. The number of nitrogens with one attached hydrogen (secondary N) is 1. The summed E-state index contributed by atoms with van der Waals surface area (Å²) in [6, 6.07) is 5.35. The summed E-state index contributed by atoms with van der Waals surface area (Å²) in [6.07, 6.45) is 0. The zero-order chi connectivity index (χ0) is 11.7. The zero-order valence-corrected chi connectivity index (χ0v) is 10.8. The number of nitrogens with zero attached hydrogens (tertiary/aromatic N) is 2. The van der Waals surface area contributed by atoms with Crippen LogP contribution in [0.15, 0.2) is 18.2 Å². The fourth-order valence-corrected chi connectivity index (χ4v) is 1.91. The second-order valence-electron chi connectivity index (χ2n) is 3.23. The van der Waals surface area contributed by atoms with Crippen molar-refractivity contribution < 1.29 is 0 Å². The Morgan fingerprint density at radius 2 is 2.12 bits per heavy atom. The van der Waals surface area contributed by atoms with E-state index in [2.05, 4.69) is 10.1 Å². The number of aromatic nitrogens is 3. The van der Waals surface area contributed by atoms with E-state index in [1.54, 1.807) is 16.8 Å². The molecule has 0 amide bonds. The summed E-state index contributed by atoms with van der Waals surface area (Å²) in [5, 5.41) is 4.12. The molecule has 1 aromatic carbocycles. The smallest absolute Gasteiger partial charge is 0.216 e. The Morgan fingerprint density at radius 1 is 1.38 bits per heavy atom. The SMILES string of the molecule is CCn1[nH]c(-c2ccc(Cl)c(Cl)c2)nc1=S. The molecule has 1 heterocycles. The number of hydrogen-bond donors (Lipinski definition) is 1. The minimum atomic E-state index is 0.504. The van der Waals surface area contributed by atoms with Gasteiger partial charge < -0.3 is 0 Å². The molecule has 3 nitrogen and oxygen atoms in total. The fourth-order valence-electron chi connectivity index (χ4n) is 1.34. The minimum absolute atomic E-state index is 0.504. The quantitative estimate of drug-likeness (QED) is 0.842. The highest BCUT2D eigenvalue weighted by Gasteiger charge is 2.06. The van der Waals surface area contributed by atoms with Crippen LogP contribution in [-0.2, 0) is 6.54 Å². The Labute approximate surface area is 108 Å². The molecule has 1 aromatic heterocycles. The first kappa shape index (κ1) is 11.6. The van der Waals surface area contributed by atoms with Crippen LogP contribution in [0.2, 0.25) is 10.0 Å². The van der Waals surface area contributed by atoms with Crippen LogP contribution in [-0.4, -0.2) is 14.8 Å². The highest BCUT2D eigenvalue weighted by molar-refractivity contribution is 7.71. The van der Waals surface area contributed by atoms with Gasteiger partial charge in [0, 0.05) is 12.1 Å². The van der Waals surface area contributed by atoms with Gasteiger partial charge in [-0.25, -0.2) is 0 Å². The Bertz CT molecular complexity index is 574. The van der Waals surface area contributed by atoms with Crippen molar-refractivity contribution in [3.63, 3.8) is 0 Å². The van der Waals surface area contributed by atoms with Crippen LogP contribution in [0.25, 0.3) is 11.4 Å². The molecule has 0 atom stereocenters. The molecule has 0 saturated heterocycles. The predicted octanol–water partition coefficient (Wildman–Crippen LogP) is 3.93. The van der Waals surface area contributed by atoms with Crippen molar-refractivity contribution in [2.45, 2.75) is 13.5 Å². The van der Waals surface area contributed by atoms with Crippen LogP contribution >= 0.6 is 35.4 Å². The van der Waals surface area contributed by atoms with Gasteiger partial charge in [-0.1, -0.05) is 23.2 Å². The maximum absolute atomic E-state index is 5.94. The lowest BCUT2D eigenvalue weighted by atomic mass is 10.2. The third-order valence-corrected chi connectivity index (χ3v) is 3.24. The number of hydrogen-bond acceptors (Lipinski definition) is 2. The zero-order valence-electron chi connectivity index (χ0n) is 8.50. The molecule has 0 unspecified atom stereocenters. The highest BCUT2D eigenvalue weighted by atomic mass is 35.5. The molecule has 0 saturated carbocycles. The van der Waals surface area contributed by atoms with Crippen LogP contribution < -0.4 is 0 Å². The van der Waals surface area contributed by atoms with E-state index in [1.165, 1.54) is 0 Å².